The van der Waals surface area contributed by atoms with Crippen molar-refractivity contribution in [2.45, 2.75) is 12.7 Å². The lowest BCUT2D eigenvalue weighted by Gasteiger charge is -2.06. The van der Waals surface area contributed by atoms with Crippen molar-refractivity contribution in [3.8, 4) is 0 Å². The van der Waals surface area contributed by atoms with Gasteiger partial charge in [0.2, 0.25) is 5.91 Å². The lowest BCUT2D eigenvalue weighted by atomic mass is 10.1. The molecule has 2 aromatic carbocycles. The molecule has 0 fully saturated rings. The number of aromatic nitrogens is 2. The maximum Gasteiger partial charge on any atom is 0.336 e. The van der Waals surface area contributed by atoms with Gasteiger partial charge in [-0.3, -0.25) is 4.79 Å². The van der Waals surface area contributed by atoms with Gasteiger partial charge in [-0.15, -0.1) is 11.8 Å². The Kier molecular flexibility index (Phi) is 4.68. The molecule has 2 heterocycles. The maximum atomic E-state index is 12.2. The van der Waals surface area contributed by atoms with Gasteiger partial charge in [-0.1, -0.05) is 12.1 Å². The molecule has 0 aliphatic heterocycles. The van der Waals surface area contributed by atoms with E-state index in [-0.39, 0.29) is 5.91 Å². The van der Waals surface area contributed by atoms with Crippen molar-refractivity contribution < 1.29 is 9.21 Å². The number of amides is 1. The lowest BCUT2D eigenvalue weighted by molar-refractivity contribution is -0.113. The van der Waals surface area contributed by atoms with Crippen molar-refractivity contribution in [3.05, 3.63) is 70.3 Å². The van der Waals surface area contributed by atoms with E-state index in [1.54, 1.807) is 12.1 Å². The summed E-state index contributed by atoms with van der Waals surface area (Å²) in [6, 6.07) is 14.6. The number of hydrogen-bond acceptors (Lipinski definition) is 5. The van der Waals surface area contributed by atoms with Gasteiger partial charge in [-0.25, -0.2) is 9.78 Å². The summed E-state index contributed by atoms with van der Waals surface area (Å²) in [7, 11) is 0. The number of rotatable bonds is 5. The van der Waals surface area contributed by atoms with Crippen LogP contribution in [0.1, 0.15) is 11.4 Å². The summed E-state index contributed by atoms with van der Waals surface area (Å²) in [4.78, 5) is 31.4. The Morgan fingerprint density at radius 3 is 2.93 bits per heavy atom. The predicted octanol–water partition coefficient (Wildman–Crippen LogP) is 3.85. The smallest absolute Gasteiger partial charge is 0.336 e. The van der Waals surface area contributed by atoms with E-state index in [0.717, 1.165) is 27.8 Å². The van der Waals surface area contributed by atoms with Crippen molar-refractivity contribution in [2.24, 2.45) is 0 Å². The molecule has 4 aromatic rings. The van der Waals surface area contributed by atoms with Crippen molar-refractivity contribution >= 4 is 45.4 Å². The summed E-state index contributed by atoms with van der Waals surface area (Å²) >= 11 is 1.48. The van der Waals surface area contributed by atoms with Gasteiger partial charge >= 0.3 is 5.63 Å². The first-order chi connectivity index (χ1) is 13.1. The van der Waals surface area contributed by atoms with Crippen LogP contribution in [0.25, 0.3) is 22.0 Å². The first-order valence-electron chi connectivity index (χ1n) is 8.44. The maximum absolute atomic E-state index is 12.2. The van der Waals surface area contributed by atoms with Gasteiger partial charge in [0.1, 0.15) is 11.4 Å². The summed E-state index contributed by atoms with van der Waals surface area (Å²) in [5, 5.41) is 3.69. The van der Waals surface area contributed by atoms with Gasteiger partial charge in [0, 0.05) is 23.2 Å². The third-order valence-electron chi connectivity index (χ3n) is 4.15. The van der Waals surface area contributed by atoms with Gasteiger partial charge in [-0.2, -0.15) is 0 Å². The van der Waals surface area contributed by atoms with Crippen LogP contribution in [0.15, 0.2) is 57.7 Å². The van der Waals surface area contributed by atoms with E-state index in [0.29, 0.717) is 22.8 Å². The minimum Gasteiger partial charge on any atom is -0.423 e. The first kappa shape index (κ1) is 17.4. The fourth-order valence-corrected chi connectivity index (χ4v) is 3.60. The molecule has 0 spiro atoms. The van der Waals surface area contributed by atoms with E-state index >= 15 is 0 Å². The largest absolute Gasteiger partial charge is 0.423 e. The topological polar surface area (TPSA) is 88.0 Å². The number of H-pyrrole nitrogens is 1. The number of carbonyl (C=O) groups is 1. The molecule has 136 valence electrons. The van der Waals surface area contributed by atoms with Crippen LogP contribution in [0.3, 0.4) is 0 Å². The Morgan fingerprint density at radius 2 is 2.07 bits per heavy atom. The third-order valence-corrected chi connectivity index (χ3v) is 5.09. The fourth-order valence-electron chi connectivity index (χ4n) is 2.91. The molecule has 1 amide bonds. The Balaban J connectivity index is 1.37. The molecule has 0 bridgehead atoms. The summed E-state index contributed by atoms with van der Waals surface area (Å²) in [6.07, 6.45) is 0. The van der Waals surface area contributed by atoms with E-state index in [2.05, 4.69) is 15.3 Å². The summed E-state index contributed by atoms with van der Waals surface area (Å²) in [5.74, 6) is 1.64. The van der Waals surface area contributed by atoms with Crippen molar-refractivity contribution in [1.82, 2.24) is 9.97 Å². The first-order valence-corrected chi connectivity index (χ1v) is 9.60. The number of thioether (sulfide) groups is 1. The second-order valence-electron chi connectivity index (χ2n) is 6.20. The molecule has 6 nitrogen and oxygen atoms in total. The molecule has 2 N–H and O–H groups in total. The van der Waals surface area contributed by atoms with Crippen LogP contribution in [-0.4, -0.2) is 21.6 Å². The number of anilines is 1. The molecule has 0 aliphatic rings. The van der Waals surface area contributed by atoms with E-state index < -0.39 is 5.63 Å². The monoisotopic (exact) mass is 379 g/mol. The highest BCUT2D eigenvalue weighted by atomic mass is 32.2. The van der Waals surface area contributed by atoms with Gasteiger partial charge in [0.25, 0.3) is 0 Å². The van der Waals surface area contributed by atoms with Crippen LogP contribution >= 0.6 is 11.8 Å². The number of hydrogen-bond donors (Lipinski definition) is 2. The van der Waals surface area contributed by atoms with Crippen LogP contribution in [0.5, 0.6) is 0 Å². The zero-order valence-electron chi connectivity index (χ0n) is 14.6. The second-order valence-corrected chi connectivity index (χ2v) is 7.19. The fraction of sp³-hybridized carbons (Fsp3) is 0.150. The summed E-state index contributed by atoms with van der Waals surface area (Å²) in [5.41, 5.74) is 3.43. The molecule has 0 saturated carbocycles. The molecule has 0 saturated heterocycles. The van der Waals surface area contributed by atoms with Crippen molar-refractivity contribution in [3.63, 3.8) is 0 Å². The van der Waals surface area contributed by atoms with Crippen molar-refractivity contribution in [1.29, 1.82) is 0 Å². The molecule has 4 rings (SSSR count). The van der Waals surface area contributed by atoms with E-state index in [4.69, 9.17) is 4.42 Å². The molecule has 0 aliphatic carbocycles. The number of carbonyl (C=O) groups excluding carboxylic acids is 1. The Hall–Kier alpha value is -3.06. The van der Waals surface area contributed by atoms with Gasteiger partial charge in [0.05, 0.1) is 22.5 Å². The van der Waals surface area contributed by atoms with Gasteiger partial charge in [-0.05, 0) is 36.8 Å². The van der Waals surface area contributed by atoms with Crippen LogP contribution in [0.2, 0.25) is 0 Å². The standard InChI is InChI=1S/C20H17N3O3S/c1-12-8-20(25)26-17-9-13(6-7-14(12)17)21-19(24)11-27-10-18-22-15-4-2-3-5-16(15)23-18/h2-9H,10-11H2,1H3,(H,21,24)(H,22,23). The number of fused-ring (bicyclic) bond motifs is 2. The second kappa shape index (κ2) is 7.28. The number of benzene rings is 2. The zero-order valence-corrected chi connectivity index (χ0v) is 15.4. The van der Waals surface area contributed by atoms with Crippen LogP contribution in [0.4, 0.5) is 5.69 Å². The minimum atomic E-state index is -0.398. The number of nitrogens with one attached hydrogen (secondary N) is 2. The predicted molar refractivity (Wildman–Crippen MR) is 108 cm³/mol. The lowest BCUT2D eigenvalue weighted by Crippen LogP contribution is -2.14. The third kappa shape index (κ3) is 3.88. The van der Waals surface area contributed by atoms with Gasteiger partial charge in [0.15, 0.2) is 0 Å². The van der Waals surface area contributed by atoms with Gasteiger partial charge < -0.3 is 14.7 Å². The van der Waals surface area contributed by atoms with Crippen molar-refractivity contribution in [2.75, 3.05) is 11.1 Å². The SMILES string of the molecule is Cc1cc(=O)oc2cc(NC(=O)CSCc3nc4ccccc4[nH]3)ccc12. The molecule has 2 aromatic heterocycles. The zero-order chi connectivity index (χ0) is 18.8. The van der Waals surface area contributed by atoms with Crippen LogP contribution in [-0.2, 0) is 10.5 Å². The van der Waals surface area contributed by atoms with Crippen LogP contribution < -0.4 is 10.9 Å². The number of imidazole rings is 1. The highest BCUT2D eigenvalue weighted by molar-refractivity contribution is 7.99. The molecule has 0 radical (unpaired) electrons. The molecule has 7 heteroatoms. The molecule has 0 atom stereocenters. The van der Waals surface area contributed by atoms with E-state index in [1.807, 2.05) is 37.3 Å². The average Bonchev–Trinajstić information content (AvgIpc) is 3.04. The Morgan fingerprint density at radius 1 is 1.22 bits per heavy atom. The highest BCUT2D eigenvalue weighted by Gasteiger charge is 2.08. The normalized spacial score (nSPS) is 11.1. The number of aryl methyl sites for hydroxylation is 1. The minimum absolute atomic E-state index is 0.120. The molecule has 0 unspecified atom stereocenters. The Bertz CT molecular complexity index is 1160. The van der Waals surface area contributed by atoms with E-state index in [1.165, 1.54) is 17.8 Å². The number of aromatic amines is 1. The summed E-state index contributed by atoms with van der Waals surface area (Å²) < 4.78 is 5.21. The van der Waals surface area contributed by atoms with Crippen LogP contribution in [0, 0.1) is 6.92 Å². The number of para-hydroxylation sites is 2. The quantitative estimate of drug-likeness (QED) is 0.514. The molecular formula is C20H17N3O3S. The highest BCUT2D eigenvalue weighted by Crippen LogP contribution is 2.21. The summed E-state index contributed by atoms with van der Waals surface area (Å²) in [6.45, 7) is 1.85. The molecular weight excluding hydrogens is 362 g/mol. The van der Waals surface area contributed by atoms with E-state index in [9.17, 15) is 9.59 Å². The Labute approximate surface area is 159 Å². The average molecular weight is 379 g/mol. The molecule has 27 heavy (non-hydrogen) atoms. The number of nitrogens with zero attached hydrogens (tertiary/aromatic N) is 1.